The Kier molecular flexibility index (Phi) is 6.57. The van der Waals surface area contributed by atoms with Gasteiger partial charge < -0.3 is 4.74 Å². The quantitative estimate of drug-likeness (QED) is 0.506. The fraction of sp³-hybridized carbons (Fsp3) is 0.231. The van der Waals surface area contributed by atoms with Crippen LogP contribution in [0.15, 0.2) is 73.1 Å². The van der Waals surface area contributed by atoms with Crippen LogP contribution in [0.1, 0.15) is 30.4 Å². The van der Waals surface area contributed by atoms with Gasteiger partial charge >= 0.3 is 0 Å². The molecule has 2 amide bonds. The Morgan fingerprint density at radius 2 is 1.78 bits per heavy atom. The maximum absolute atomic E-state index is 12.3. The molecule has 0 radical (unpaired) electrons. The van der Waals surface area contributed by atoms with Gasteiger partial charge in [-0.2, -0.15) is 5.26 Å². The summed E-state index contributed by atoms with van der Waals surface area (Å²) in [5, 5.41) is 9.09. The number of carbonyl (C=O) groups excluding carboxylic acids is 2. The van der Waals surface area contributed by atoms with E-state index < -0.39 is 0 Å². The lowest BCUT2D eigenvalue weighted by Crippen LogP contribution is -2.43. The van der Waals surface area contributed by atoms with Crippen LogP contribution >= 0.6 is 0 Å². The number of nitriles is 1. The van der Waals surface area contributed by atoms with Crippen LogP contribution in [-0.2, 0) is 16.0 Å². The highest BCUT2D eigenvalue weighted by molar-refractivity contribution is 6.02. The fourth-order valence-electron chi connectivity index (χ4n) is 3.87. The molecule has 160 valence electrons. The van der Waals surface area contributed by atoms with Crippen LogP contribution in [0.2, 0.25) is 0 Å². The van der Waals surface area contributed by atoms with Crippen LogP contribution in [0.4, 0.5) is 0 Å². The van der Waals surface area contributed by atoms with E-state index in [-0.39, 0.29) is 37.3 Å². The van der Waals surface area contributed by atoms with Gasteiger partial charge in [0.05, 0.1) is 17.7 Å². The van der Waals surface area contributed by atoms with Gasteiger partial charge in [0.15, 0.2) is 0 Å². The van der Waals surface area contributed by atoms with Gasteiger partial charge in [0.25, 0.3) is 0 Å². The number of pyridine rings is 1. The summed E-state index contributed by atoms with van der Waals surface area (Å²) < 4.78 is 5.99. The third-order valence-corrected chi connectivity index (χ3v) is 5.57. The number of benzene rings is 2. The molecule has 1 aliphatic rings. The van der Waals surface area contributed by atoms with Gasteiger partial charge in [-0.3, -0.25) is 19.5 Å². The maximum atomic E-state index is 12.3. The molecule has 3 aromatic rings. The molecular formula is C26H23N3O3. The molecule has 0 aliphatic carbocycles. The van der Waals surface area contributed by atoms with Crippen LogP contribution in [0.3, 0.4) is 0 Å². The van der Waals surface area contributed by atoms with E-state index in [9.17, 15) is 9.59 Å². The van der Waals surface area contributed by atoms with Gasteiger partial charge in [0.1, 0.15) is 12.4 Å². The number of amides is 2. The minimum Gasteiger partial charge on any atom is -0.491 e. The number of likely N-dealkylation sites (tertiary alicyclic amines) is 1. The predicted molar refractivity (Wildman–Crippen MR) is 120 cm³/mol. The van der Waals surface area contributed by atoms with Gasteiger partial charge in [-0.15, -0.1) is 0 Å². The van der Waals surface area contributed by atoms with E-state index >= 15 is 0 Å². The van der Waals surface area contributed by atoms with Crippen LogP contribution < -0.4 is 4.74 Å². The molecule has 4 rings (SSSR count). The van der Waals surface area contributed by atoms with Crippen molar-refractivity contribution in [1.29, 1.82) is 5.26 Å². The van der Waals surface area contributed by atoms with Crippen molar-refractivity contribution in [2.45, 2.75) is 31.7 Å². The zero-order valence-corrected chi connectivity index (χ0v) is 17.6. The molecule has 2 heterocycles. The first-order valence-electron chi connectivity index (χ1n) is 10.6. The molecule has 6 heteroatoms. The lowest BCUT2D eigenvalue weighted by molar-refractivity contribution is -0.142. The van der Waals surface area contributed by atoms with Crippen molar-refractivity contribution in [3.63, 3.8) is 0 Å². The molecule has 2 aromatic carbocycles. The first-order chi connectivity index (χ1) is 15.6. The topological polar surface area (TPSA) is 83.3 Å². The second-order valence-corrected chi connectivity index (χ2v) is 7.74. The second kappa shape index (κ2) is 9.88. The van der Waals surface area contributed by atoms with E-state index in [4.69, 9.17) is 10.00 Å². The summed E-state index contributed by atoms with van der Waals surface area (Å²) in [7, 11) is 0. The molecule has 0 N–H and O–H groups in total. The largest absolute Gasteiger partial charge is 0.491 e. The van der Waals surface area contributed by atoms with Crippen molar-refractivity contribution >= 4 is 11.8 Å². The Hall–Kier alpha value is -3.98. The molecule has 0 bridgehead atoms. The van der Waals surface area contributed by atoms with E-state index in [2.05, 4.69) is 11.1 Å². The van der Waals surface area contributed by atoms with Crippen LogP contribution in [0, 0.1) is 11.3 Å². The Balaban J connectivity index is 1.44. The highest BCUT2D eigenvalue weighted by Crippen LogP contribution is 2.25. The van der Waals surface area contributed by atoms with Gasteiger partial charge in [-0.1, -0.05) is 30.3 Å². The molecule has 1 atom stereocenters. The molecule has 32 heavy (non-hydrogen) atoms. The number of hydrogen-bond donors (Lipinski definition) is 0. The Morgan fingerprint density at radius 1 is 1.00 bits per heavy atom. The van der Waals surface area contributed by atoms with E-state index in [0.717, 1.165) is 16.7 Å². The number of hydrogen-bond acceptors (Lipinski definition) is 5. The van der Waals surface area contributed by atoms with Crippen molar-refractivity contribution in [2.75, 3.05) is 6.61 Å². The molecule has 0 saturated carbocycles. The van der Waals surface area contributed by atoms with Crippen molar-refractivity contribution in [3.05, 3.63) is 84.2 Å². The second-order valence-electron chi connectivity index (χ2n) is 7.74. The highest BCUT2D eigenvalue weighted by Gasteiger charge is 2.35. The normalized spacial score (nSPS) is 14.3. The van der Waals surface area contributed by atoms with E-state index in [0.29, 0.717) is 24.2 Å². The van der Waals surface area contributed by atoms with Gasteiger partial charge in [-0.25, -0.2) is 0 Å². The van der Waals surface area contributed by atoms with Gasteiger partial charge in [0, 0.05) is 25.2 Å². The van der Waals surface area contributed by atoms with Crippen molar-refractivity contribution in [2.24, 2.45) is 0 Å². The van der Waals surface area contributed by atoms with Crippen molar-refractivity contribution in [1.82, 2.24) is 9.88 Å². The Bertz CT molecular complexity index is 1120. The number of imide groups is 1. The van der Waals surface area contributed by atoms with Gasteiger partial charge in [0.2, 0.25) is 11.8 Å². The maximum Gasteiger partial charge on any atom is 0.230 e. The number of aromatic nitrogens is 1. The zero-order chi connectivity index (χ0) is 22.3. The SMILES string of the molecule is N#Cc1cccc(-c2ccc(OC[C@@H](CCc3cccnc3)N3C(=O)CCC3=O)cc2)c1. The Labute approximate surface area is 187 Å². The summed E-state index contributed by atoms with van der Waals surface area (Å²) in [5.41, 5.74) is 3.60. The monoisotopic (exact) mass is 425 g/mol. The predicted octanol–water partition coefficient (Wildman–Crippen LogP) is 4.15. The Morgan fingerprint density at radius 3 is 2.47 bits per heavy atom. The summed E-state index contributed by atoms with van der Waals surface area (Å²) in [6.45, 7) is 0.237. The average molecular weight is 425 g/mol. The first-order valence-corrected chi connectivity index (χ1v) is 10.6. The molecule has 6 nitrogen and oxygen atoms in total. The minimum atomic E-state index is -0.329. The first kappa shape index (κ1) is 21.3. The summed E-state index contributed by atoms with van der Waals surface area (Å²) in [4.78, 5) is 30.1. The number of rotatable bonds is 8. The standard InChI is InChI=1S/C26H23N3O3/c27-16-20-3-1-5-22(15-20)21-7-10-24(11-8-21)32-18-23(29-25(30)12-13-26(29)31)9-6-19-4-2-14-28-17-19/h1-5,7-8,10-11,14-15,17,23H,6,9,12-13,18H2/t23-/m1/s1. The lowest BCUT2D eigenvalue weighted by atomic mass is 10.0. The third-order valence-electron chi connectivity index (χ3n) is 5.57. The van der Waals surface area contributed by atoms with Crippen molar-refractivity contribution in [3.8, 4) is 22.9 Å². The van der Waals surface area contributed by atoms with Crippen LogP contribution in [0.5, 0.6) is 5.75 Å². The van der Waals surface area contributed by atoms with E-state index in [1.807, 2.05) is 54.6 Å². The smallest absolute Gasteiger partial charge is 0.230 e. The summed E-state index contributed by atoms with van der Waals surface area (Å²) in [6.07, 6.45) is 5.36. The average Bonchev–Trinajstić information content (AvgIpc) is 3.18. The van der Waals surface area contributed by atoms with Crippen molar-refractivity contribution < 1.29 is 14.3 Å². The number of aryl methyl sites for hydroxylation is 1. The molecule has 0 spiro atoms. The molecule has 1 fully saturated rings. The molecule has 1 aromatic heterocycles. The summed E-state index contributed by atoms with van der Waals surface area (Å²) in [6, 6.07) is 20.7. The molecular weight excluding hydrogens is 402 g/mol. The van der Waals surface area contributed by atoms with Crippen LogP contribution in [-0.4, -0.2) is 34.3 Å². The molecule has 1 aliphatic heterocycles. The third kappa shape index (κ3) is 5.01. The minimum absolute atomic E-state index is 0.137. The molecule has 1 saturated heterocycles. The number of ether oxygens (including phenoxy) is 1. The van der Waals surface area contributed by atoms with Crippen LogP contribution in [0.25, 0.3) is 11.1 Å². The fourth-order valence-corrected chi connectivity index (χ4v) is 3.87. The van der Waals surface area contributed by atoms with Gasteiger partial charge in [-0.05, 0) is 59.9 Å². The number of carbonyl (C=O) groups is 2. The highest BCUT2D eigenvalue weighted by atomic mass is 16.5. The zero-order valence-electron chi connectivity index (χ0n) is 17.6. The van der Waals surface area contributed by atoms with E-state index in [1.165, 1.54) is 4.90 Å². The summed E-state index contributed by atoms with van der Waals surface area (Å²) >= 11 is 0. The lowest BCUT2D eigenvalue weighted by Gasteiger charge is -2.26. The summed E-state index contributed by atoms with van der Waals surface area (Å²) in [5.74, 6) is 0.390. The molecule has 0 unspecified atom stereocenters. The van der Waals surface area contributed by atoms with E-state index in [1.54, 1.807) is 18.5 Å². The number of nitrogens with zero attached hydrogens (tertiary/aromatic N) is 3.